The molecule has 1 aromatic heterocycles. The van der Waals surface area contributed by atoms with Crippen molar-refractivity contribution in [3.05, 3.63) is 27.1 Å². The van der Waals surface area contributed by atoms with Crippen molar-refractivity contribution in [2.45, 2.75) is 31.3 Å². The first-order valence-electron chi connectivity index (χ1n) is 5.38. The van der Waals surface area contributed by atoms with Crippen LogP contribution >= 0.6 is 11.3 Å². The molecule has 2 rings (SSSR count). The van der Waals surface area contributed by atoms with Gasteiger partial charge in [0.25, 0.3) is 5.91 Å². The van der Waals surface area contributed by atoms with Crippen LogP contribution < -0.4 is 11.1 Å². The molecule has 0 aromatic carbocycles. The van der Waals surface area contributed by atoms with E-state index in [1.54, 1.807) is 0 Å². The van der Waals surface area contributed by atoms with Gasteiger partial charge in [0.05, 0.1) is 9.80 Å². The molecule has 1 aliphatic rings. The van der Waals surface area contributed by atoms with E-state index in [1.807, 2.05) is 0 Å². The summed E-state index contributed by atoms with van der Waals surface area (Å²) in [5.41, 5.74) is 5.84. The number of nitrogens with one attached hydrogen (secondary N) is 1. The maximum absolute atomic E-state index is 11.8. The highest BCUT2D eigenvalue weighted by Gasteiger charge is 2.26. The predicted octanol–water partition coefficient (Wildman–Crippen LogP) is 1.27. The topological polar surface area (TPSA) is 98.3 Å². The van der Waals surface area contributed by atoms with Gasteiger partial charge in [-0.05, 0) is 25.3 Å². The van der Waals surface area contributed by atoms with Gasteiger partial charge < -0.3 is 11.1 Å². The van der Waals surface area contributed by atoms with Crippen molar-refractivity contribution < 1.29 is 9.72 Å². The summed E-state index contributed by atoms with van der Waals surface area (Å²) < 4.78 is 0. The Morgan fingerprint density at radius 3 is 2.82 bits per heavy atom. The highest BCUT2D eigenvalue weighted by Crippen LogP contribution is 2.24. The Labute approximate surface area is 102 Å². The fraction of sp³-hybridized carbons (Fsp3) is 0.500. The summed E-state index contributed by atoms with van der Waals surface area (Å²) in [6, 6.07) is 2.80. The van der Waals surface area contributed by atoms with Crippen LogP contribution in [0, 0.1) is 10.1 Å². The molecule has 1 fully saturated rings. The number of rotatable bonds is 3. The Hall–Kier alpha value is -1.47. The third kappa shape index (κ3) is 2.62. The zero-order chi connectivity index (χ0) is 12.4. The highest BCUT2D eigenvalue weighted by molar-refractivity contribution is 7.17. The molecule has 7 heteroatoms. The van der Waals surface area contributed by atoms with E-state index >= 15 is 0 Å². The van der Waals surface area contributed by atoms with E-state index < -0.39 is 4.92 Å². The fourth-order valence-corrected chi connectivity index (χ4v) is 2.68. The Morgan fingerprint density at radius 2 is 2.29 bits per heavy atom. The molecule has 1 aliphatic carbocycles. The van der Waals surface area contributed by atoms with Gasteiger partial charge in [0, 0.05) is 18.2 Å². The van der Waals surface area contributed by atoms with Gasteiger partial charge in [0.1, 0.15) is 0 Å². The average molecular weight is 255 g/mol. The lowest BCUT2D eigenvalue weighted by Crippen LogP contribution is -2.43. The Morgan fingerprint density at radius 1 is 1.53 bits per heavy atom. The smallest absolute Gasteiger partial charge is 0.324 e. The van der Waals surface area contributed by atoms with Gasteiger partial charge in [-0.3, -0.25) is 14.9 Å². The molecule has 0 radical (unpaired) electrons. The zero-order valence-electron chi connectivity index (χ0n) is 9.09. The summed E-state index contributed by atoms with van der Waals surface area (Å²) >= 11 is 0.882. The van der Waals surface area contributed by atoms with Crippen molar-refractivity contribution in [2.24, 2.45) is 5.73 Å². The Balaban J connectivity index is 2.01. The SMILES string of the molecule is NC1CCCC1NC(=O)c1ccc([N+](=O)[O-])s1. The summed E-state index contributed by atoms with van der Waals surface area (Å²) in [7, 11) is 0. The van der Waals surface area contributed by atoms with Gasteiger partial charge in [-0.25, -0.2) is 0 Å². The summed E-state index contributed by atoms with van der Waals surface area (Å²) in [6.45, 7) is 0. The minimum absolute atomic E-state index is 0.00565. The quantitative estimate of drug-likeness (QED) is 0.627. The van der Waals surface area contributed by atoms with Crippen LogP contribution in [0.1, 0.15) is 28.9 Å². The fourth-order valence-electron chi connectivity index (χ4n) is 1.96. The lowest BCUT2D eigenvalue weighted by Gasteiger charge is -2.16. The van der Waals surface area contributed by atoms with Crippen molar-refractivity contribution in [3.8, 4) is 0 Å². The third-order valence-electron chi connectivity index (χ3n) is 2.88. The maximum Gasteiger partial charge on any atom is 0.324 e. The van der Waals surface area contributed by atoms with Crippen molar-refractivity contribution in [3.63, 3.8) is 0 Å². The number of carbonyl (C=O) groups is 1. The number of nitrogens with zero attached hydrogens (tertiary/aromatic N) is 1. The van der Waals surface area contributed by atoms with Gasteiger partial charge in [0.15, 0.2) is 0 Å². The van der Waals surface area contributed by atoms with Crippen molar-refractivity contribution in [1.82, 2.24) is 5.32 Å². The summed E-state index contributed by atoms with van der Waals surface area (Å²) in [4.78, 5) is 22.2. The molecule has 0 saturated heterocycles. The summed E-state index contributed by atoms with van der Waals surface area (Å²) in [5, 5.41) is 13.3. The molecule has 1 heterocycles. The van der Waals surface area contributed by atoms with Gasteiger partial charge in [-0.2, -0.15) is 0 Å². The molecule has 1 saturated carbocycles. The van der Waals surface area contributed by atoms with E-state index in [0.29, 0.717) is 4.88 Å². The lowest BCUT2D eigenvalue weighted by atomic mass is 10.2. The largest absolute Gasteiger partial charge is 0.347 e. The monoisotopic (exact) mass is 255 g/mol. The van der Waals surface area contributed by atoms with E-state index in [2.05, 4.69) is 5.32 Å². The average Bonchev–Trinajstić information content (AvgIpc) is 2.88. The van der Waals surface area contributed by atoms with Gasteiger partial charge in [-0.1, -0.05) is 11.3 Å². The molecule has 0 bridgehead atoms. The first kappa shape index (κ1) is 12.0. The van der Waals surface area contributed by atoms with Gasteiger partial charge >= 0.3 is 5.00 Å². The van der Waals surface area contributed by atoms with Crippen LogP contribution in [0.4, 0.5) is 5.00 Å². The number of hydrogen-bond acceptors (Lipinski definition) is 5. The number of nitro groups is 1. The lowest BCUT2D eigenvalue weighted by molar-refractivity contribution is -0.380. The highest BCUT2D eigenvalue weighted by atomic mass is 32.1. The van der Waals surface area contributed by atoms with Crippen molar-refractivity contribution in [1.29, 1.82) is 0 Å². The number of amides is 1. The van der Waals surface area contributed by atoms with Crippen molar-refractivity contribution in [2.75, 3.05) is 0 Å². The number of nitrogens with two attached hydrogens (primary N) is 1. The standard InChI is InChI=1S/C10H13N3O3S/c11-6-2-1-3-7(6)12-10(14)8-4-5-9(17-8)13(15)16/h4-7H,1-3,11H2,(H,12,14). The molecule has 0 aliphatic heterocycles. The van der Waals surface area contributed by atoms with E-state index in [1.165, 1.54) is 12.1 Å². The van der Waals surface area contributed by atoms with Crippen LogP contribution in [0.3, 0.4) is 0 Å². The molecule has 3 N–H and O–H groups in total. The molecule has 17 heavy (non-hydrogen) atoms. The molecular formula is C10H13N3O3S. The van der Waals surface area contributed by atoms with Gasteiger partial charge in [0.2, 0.25) is 0 Å². The van der Waals surface area contributed by atoms with Crippen LogP contribution in [0.5, 0.6) is 0 Å². The molecule has 1 amide bonds. The molecule has 2 unspecified atom stereocenters. The first-order chi connectivity index (χ1) is 8.08. The molecular weight excluding hydrogens is 242 g/mol. The van der Waals surface area contributed by atoms with Crippen molar-refractivity contribution >= 4 is 22.2 Å². The van der Waals surface area contributed by atoms with E-state index in [4.69, 9.17) is 5.73 Å². The molecule has 1 aromatic rings. The Kier molecular flexibility index (Phi) is 3.39. The van der Waals surface area contributed by atoms with Gasteiger partial charge in [-0.15, -0.1) is 0 Å². The minimum Gasteiger partial charge on any atom is -0.347 e. The van der Waals surface area contributed by atoms with Crippen LogP contribution in [0.2, 0.25) is 0 Å². The zero-order valence-corrected chi connectivity index (χ0v) is 9.90. The van der Waals surface area contributed by atoms with Crippen LogP contribution in [0.15, 0.2) is 12.1 Å². The second-order valence-corrected chi connectivity index (χ2v) is 5.13. The third-order valence-corrected chi connectivity index (χ3v) is 3.92. The molecule has 6 nitrogen and oxygen atoms in total. The van der Waals surface area contributed by atoms with E-state index in [0.717, 1.165) is 30.6 Å². The number of hydrogen-bond donors (Lipinski definition) is 2. The summed E-state index contributed by atoms with van der Waals surface area (Å²) in [5.74, 6) is -0.273. The minimum atomic E-state index is -0.497. The second-order valence-electron chi connectivity index (χ2n) is 4.07. The van der Waals surface area contributed by atoms with Crippen LogP contribution in [0.25, 0.3) is 0 Å². The van der Waals surface area contributed by atoms with E-state index in [9.17, 15) is 14.9 Å². The first-order valence-corrected chi connectivity index (χ1v) is 6.20. The molecule has 2 atom stereocenters. The summed E-state index contributed by atoms with van der Waals surface area (Å²) in [6.07, 6.45) is 2.80. The number of thiophene rings is 1. The second kappa shape index (κ2) is 4.80. The number of carbonyl (C=O) groups excluding carboxylic acids is 1. The van der Waals surface area contributed by atoms with E-state index in [-0.39, 0.29) is 23.0 Å². The maximum atomic E-state index is 11.8. The molecule has 92 valence electrons. The van der Waals surface area contributed by atoms with Crippen LogP contribution in [-0.2, 0) is 0 Å². The predicted molar refractivity (Wildman–Crippen MR) is 64.1 cm³/mol. The van der Waals surface area contributed by atoms with Crippen LogP contribution in [-0.4, -0.2) is 22.9 Å². The molecule has 0 spiro atoms. The Bertz CT molecular complexity index is 446. The normalized spacial score (nSPS) is 23.6.